The van der Waals surface area contributed by atoms with E-state index >= 15 is 0 Å². The fourth-order valence-corrected chi connectivity index (χ4v) is 2.82. The van der Waals surface area contributed by atoms with Gasteiger partial charge in [0.1, 0.15) is 0 Å². The normalized spacial score (nSPS) is 23.5. The highest BCUT2D eigenvalue weighted by Crippen LogP contribution is 2.30. The van der Waals surface area contributed by atoms with Crippen LogP contribution in [0, 0.1) is 5.92 Å². The molecule has 1 fully saturated rings. The minimum absolute atomic E-state index is 0.203. The standard InChI is InChI=1S/C11H16N2OS/c1-8(10-3-2-4-15-10)13-7-9(6-12)5-11(13)14/h2-4,8-9H,5-7,12H2,1H3. The molecular formula is C11H16N2OS. The molecule has 3 nitrogen and oxygen atoms in total. The van der Waals surface area contributed by atoms with Gasteiger partial charge in [0.25, 0.3) is 0 Å². The van der Waals surface area contributed by atoms with Gasteiger partial charge in [0.05, 0.1) is 6.04 Å². The third-order valence-electron chi connectivity index (χ3n) is 2.99. The van der Waals surface area contributed by atoms with Crippen molar-refractivity contribution in [1.29, 1.82) is 0 Å². The van der Waals surface area contributed by atoms with E-state index in [0.717, 1.165) is 6.54 Å². The average Bonchev–Trinajstić information content (AvgIpc) is 2.85. The van der Waals surface area contributed by atoms with Gasteiger partial charge in [-0.05, 0) is 30.8 Å². The van der Waals surface area contributed by atoms with Crippen molar-refractivity contribution in [2.24, 2.45) is 11.7 Å². The van der Waals surface area contributed by atoms with Crippen LogP contribution in [0.25, 0.3) is 0 Å². The Hall–Kier alpha value is -0.870. The summed E-state index contributed by atoms with van der Waals surface area (Å²) >= 11 is 1.70. The Morgan fingerprint density at radius 2 is 2.53 bits per heavy atom. The van der Waals surface area contributed by atoms with Crippen LogP contribution in [0.5, 0.6) is 0 Å². The molecule has 0 aromatic carbocycles. The Morgan fingerprint density at radius 3 is 3.07 bits per heavy atom. The van der Waals surface area contributed by atoms with Crippen LogP contribution < -0.4 is 5.73 Å². The lowest BCUT2D eigenvalue weighted by Crippen LogP contribution is -2.28. The predicted octanol–water partition coefficient (Wildman–Crippen LogP) is 1.62. The smallest absolute Gasteiger partial charge is 0.223 e. The number of carbonyl (C=O) groups excluding carboxylic acids is 1. The first kappa shape index (κ1) is 10.6. The number of likely N-dealkylation sites (tertiary alicyclic amines) is 1. The van der Waals surface area contributed by atoms with E-state index in [4.69, 9.17) is 5.73 Å². The fourth-order valence-electron chi connectivity index (χ4n) is 2.02. The van der Waals surface area contributed by atoms with Gasteiger partial charge in [0.2, 0.25) is 5.91 Å². The van der Waals surface area contributed by atoms with E-state index in [1.54, 1.807) is 11.3 Å². The molecule has 15 heavy (non-hydrogen) atoms. The first-order valence-electron chi connectivity index (χ1n) is 5.25. The molecule has 2 atom stereocenters. The minimum Gasteiger partial charge on any atom is -0.335 e. The Kier molecular flexibility index (Phi) is 3.07. The molecule has 82 valence electrons. The van der Waals surface area contributed by atoms with Gasteiger partial charge >= 0.3 is 0 Å². The molecule has 2 heterocycles. The summed E-state index contributed by atoms with van der Waals surface area (Å²) in [5.74, 6) is 0.589. The van der Waals surface area contributed by atoms with E-state index in [-0.39, 0.29) is 11.9 Å². The van der Waals surface area contributed by atoms with Crippen molar-refractivity contribution < 1.29 is 4.79 Å². The van der Waals surface area contributed by atoms with E-state index in [1.807, 2.05) is 16.3 Å². The number of rotatable bonds is 3. The second-order valence-electron chi connectivity index (χ2n) is 4.04. The monoisotopic (exact) mass is 224 g/mol. The molecule has 2 unspecified atom stereocenters. The summed E-state index contributed by atoms with van der Waals surface area (Å²) in [7, 11) is 0. The molecule has 1 amide bonds. The van der Waals surface area contributed by atoms with Crippen LogP contribution in [0.4, 0.5) is 0 Å². The largest absolute Gasteiger partial charge is 0.335 e. The summed E-state index contributed by atoms with van der Waals surface area (Å²) in [5, 5.41) is 2.05. The molecule has 0 spiro atoms. The van der Waals surface area contributed by atoms with Crippen molar-refractivity contribution >= 4 is 17.2 Å². The quantitative estimate of drug-likeness (QED) is 0.848. The molecule has 0 bridgehead atoms. The summed E-state index contributed by atoms with van der Waals surface area (Å²) in [5.41, 5.74) is 5.60. The summed E-state index contributed by atoms with van der Waals surface area (Å²) < 4.78 is 0. The third kappa shape index (κ3) is 2.06. The highest BCUT2D eigenvalue weighted by molar-refractivity contribution is 7.10. The lowest BCUT2D eigenvalue weighted by atomic mass is 10.1. The summed E-state index contributed by atoms with van der Waals surface area (Å²) in [6, 6.07) is 4.31. The van der Waals surface area contributed by atoms with E-state index in [2.05, 4.69) is 13.0 Å². The number of carbonyl (C=O) groups is 1. The van der Waals surface area contributed by atoms with Crippen molar-refractivity contribution in [2.75, 3.05) is 13.1 Å². The molecule has 0 aliphatic carbocycles. The maximum atomic E-state index is 11.8. The second-order valence-corrected chi connectivity index (χ2v) is 5.02. The number of thiophene rings is 1. The van der Waals surface area contributed by atoms with E-state index in [9.17, 15) is 4.79 Å². The van der Waals surface area contributed by atoms with Crippen molar-refractivity contribution in [1.82, 2.24) is 4.90 Å². The molecule has 4 heteroatoms. The molecule has 1 aliphatic rings. The van der Waals surface area contributed by atoms with Gasteiger partial charge in [-0.25, -0.2) is 0 Å². The van der Waals surface area contributed by atoms with Crippen molar-refractivity contribution in [2.45, 2.75) is 19.4 Å². The molecule has 1 saturated heterocycles. The van der Waals surface area contributed by atoms with E-state index in [0.29, 0.717) is 18.9 Å². The van der Waals surface area contributed by atoms with Crippen LogP contribution in [0.2, 0.25) is 0 Å². The second kappa shape index (κ2) is 4.33. The van der Waals surface area contributed by atoms with Crippen LogP contribution in [0.15, 0.2) is 17.5 Å². The van der Waals surface area contributed by atoms with Crippen LogP contribution in [0.3, 0.4) is 0 Å². The number of nitrogens with two attached hydrogens (primary N) is 1. The van der Waals surface area contributed by atoms with Gasteiger partial charge in [-0.2, -0.15) is 0 Å². The maximum Gasteiger partial charge on any atom is 0.223 e. The van der Waals surface area contributed by atoms with Crippen molar-refractivity contribution in [3.05, 3.63) is 22.4 Å². The number of nitrogens with zero attached hydrogens (tertiary/aromatic N) is 1. The number of hydrogen-bond acceptors (Lipinski definition) is 3. The summed E-state index contributed by atoms with van der Waals surface area (Å²) in [6.45, 7) is 3.51. The molecule has 0 radical (unpaired) electrons. The zero-order chi connectivity index (χ0) is 10.8. The highest BCUT2D eigenvalue weighted by Gasteiger charge is 2.32. The lowest BCUT2D eigenvalue weighted by molar-refractivity contribution is -0.129. The van der Waals surface area contributed by atoms with Crippen LogP contribution in [-0.2, 0) is 4.79 Å². The molecule has 0 saturated carbocycles. The van der Waals surface area contributed by atoms with Gasteiger partial charge in [-0.15, -0.1) is 11.3 Å². The average molecular weight is 224 g/mol. The lowest BCUT2D eigenvalue weighted by Gasteiger charge is -2.23. The van der Waals surface area contributed by atoms with Gasteiger partial charge in [0.15, 0.2) is 0 Å². The van der Waals surface area contributed by atoms with Gasteiger partial charge < -0.3 is 10.6 Å². The first-order valence-corrected chi connectivity index (χ1v) is 6.13. The summed E-state index contributed by atoms with van der Waals surface area (Å²) in [6.07, 6.45) is 0.617. The fraction of sp³-hybridized carbons (Fsp3) is 0.545. The topological polar surface area (TPSA) is 46.3 Å². The van der Waals surface area contributed by atoms with E-state index < -0.39 is 0 Å². The Bertz CT molecular complexity index is 336. The number of hydrogen-bond donors (Lipinski definition) is 1. The number of amides is 1. The zero-order valence-electron chi connectivity index (χ0n) is 8.85. The van der Waals surface area contributed by atoms with Gasteiger partial charge in [-0.1, -0.05) is 6.07 Å². The molecule has 1 aliphatic heterocycles. The zero-order valence-corrected chi connectivity index (χ0v) is 9.67. The molecule has 1 aromatic heterocycles. The summed E-state index contributed by atoms with van der Waals surface area (Å²) in [4.78, 5) is 15.0. The van der Waals surface area contributed by atoms with Crippen LogP contribution >= 0.6 is 11.3 Å². The molecule has 2 N–H and O–H groups in total. The van der Waals surface area contributed by atoms with Crippen molar-refractivity contribution in [3.63, 3.8) is 0 Å². The third-order valence-corrected chi connectivity index (χ3v) is 4.04. The molecule has 1 aromatic rings. The van der Waals surface area contributed by atoms with Gasteiger partial charge in [0, 0.05) is 17.8 Å². The van der Waals surface area contributed by atoms with Crippen LogP contribution in [0.1, 0.15) is 24.3 Å². The van der Waals surface area contributed by atoms with Crippen LogP contribution in [-0.4, -0.2) is 23.9 Å². The Morgan fingerprint density at radius 1 is 1.73 bits per heavy atom. The molecular weight excluding hydrogens is 208 g/mol. The first-order chi connectivity index (χ1) is 7.22. The Labute approximate surface area is 93.9 Å². The van der Waals surface area contributed by atoms with E-state index in [1.165, 1.54) is 4.88 Å². The van der Waals surface area contributed by atoms with Crippen molar-refractivity contribution in [3.8, 4) is 0 Å². The van der Waals surface area contributed by atoms with Gasteiger partial charge in [-0.3, -0.25) is 4.79 Å². The highest BCUT2D eigenvalue weighted by atomic mass is 32.1. The maximum absolute atomic E-state index is 11.8. The SMILES string of the molecule is CC(c1cccs1)N1CC(CN)CC1=O. The Balaban J connectivity index is 2.08. The predicted molar refractivity (Wildman–Crippen MR) is 61.6 cm³/mol. The minimum atomic E-state index is 0.203. The molecule has 2 rings (SSSR count).